The van der Waals surface area contributed by atoms with Gasteiger partial charge in [-0.15, -0.1) is 0 Å². The van der Waals surface area contributed by atoms with E-state index in [0.29, 0.717) is 5.13 Å². The summed E-state index contributed by atoms with van der Waals surface area (Å²) in [4.78, 5) is 11.2. The number of nitrogens with zero attached hydrogens (tertiary/aromatic N) is 3. The highest BCUT2D eigenvalue weighted by molar-refractivity contribution is 7.22. The van der Waals surface area contributed by atoms with Crippen LogP contribution in [0, 0.1) is 0 Å². The number of hydrogen-bond acceptors (Lipinski definition) is 5. The average molecular weight is 234 g/mol. The van der Waals surface area contributed by atoms with Crippen molar-refractivity contribution in [1.29, 1.82) is 0 Å². The van der Waals surface area contributed by atoms with Gasteiger partial charge >= 0.3 is 0 Å². The predicted molar refractivity (Wildman–Crippen MR) is 67.9 cm³/mol. The molecule has 0 atom stereocenters. The highest BCUT2D eigenvalue weighted by Crippen LogP contribution is 2.30. The van der Waals surface area contributed by atoms with Gasteiger partial charge in [-0.2, -0.15) is 0 Å². The van der Waals surface area contributed by atoms with Crippen LogP contribution < -0.4 is 10.6 Å². The van der Waals surface area contributed by atoms with Crippen molar-refractivity contribution < 1.29 is 0 Å². The maximum Gasteiger partial charge on any atom is 0.181 e. The molecule has 16 heavy (non-hydrogen) atoms. The molecular weight excluding hydrogens is 220 g/mol. The molecule has 0 aromatic carbocycles. The van der Waals surface area contributed by atoms with Crippen molar-refractivity contribution in [2.75, 3.05) is 23.7 Å². The van der Waals surface area contributed by atoms with E-state index in [0.717, 1.165) is 29.1 Å². The van der Waals surface area contributed by atoms with Crippen molar-refractivity contribution >= 4 is 32.5 Å². The zero-order valence-corrected chi connectivity index (χ0v) is 9.83. The van der Waals surface area contributed by atoms with Gasteiger partial charge in [-0.05, 0) is 25.3 Å². The van der Waals surface area contributed by atoms with Gasteiger partial charge in [0.1, 0.15) is 5.52 Å². The van der Waals surface area contributed by atoms with Gasteiger partial charge in [0.25, 0.3) is 0 Å². The number of nitrogens with two attached hydrogens (primary N) is 1. The van der Waals surface area contributed by atoms with Gasteiger partial charge in [0.05, 0.1) is 4.70 Å². The minimum absolute atomic E-state index is 0.626. The Balaban J connectivity index is 2.07. The lowest BCUT2D eigenvalue weighted by atomic mass is 10.1. The van der Waals surface area contributed by atoms with Gasteiger partial charge < -0.3 is 10.6 Å². The Bertz CT molecular complexity index is 502. The number of aromatic nitrogens is 2. The largest absolute Gasteiger partial charge is 0.375 e. The normalized spacial score (nSPS) is 16.9. The van der Waals surface area contributed by atoms with Crippen molar-refractivity contribution in [1.82, 2.24) is 9.97 Å². The van der Waals surface area contributed by atoms with Crippen LogP contribution in [0.1, 0.15) is 19.3 Å². The van der Waals surface area contributed by atoms with Crippen LogP contribution in [0.3, 0.4) is 0 Å². The molecular formula is C11H14N4S. The molecule has 1 aliphatic heterocycles. The number of fused-ring (bicyclic) bond motifs is 1. The molecule has 0 radical (unpaired) electrons. The Morgan fingerprint density at radius 3 is 2.88 bits per heavy atom. The fourth-order valence-electron chi connectivity index (χ4n) is 2.20. The van der Waals surface area contributed by atoms with Crippen molar-refractivity contribution in [3.63, 3.8) is 0 Å². The molecule has 4 nitrogen and oxygen atoms in total. The van der Waals surface area contributed by atoms with E-state index in [1.807, 2.05) is 12.3 Å². The second-order valence-corrected chi connectivity index (χ2v) is 5.14. The van der Waals surface area contributed by atoms with E-state index in [9.17, 15) is 0 Å². The monoisotopic (exact) mass is 234 g/mol. The van der Waals surface area contributed by atoms with E-state index in [1.165, 1.54) is 30.6 Å². The van der Waals surface area contributed by atoms with Gasteiger partial charge in [-0.25, -0.2) is 9.97 Å². The lowest BCUT2D eigenvalue weighted by Crippen LogP contribution is -2.30. The molecule has 0 amide bonds. The molecule has 1 aliphatic rings. The van der Waals surface area contributed by atoms with Crippen LogP contribution in [-0.4, -0.2) is 23.1 Å². The number of pyridine rings is 1. The van der Waals surface area contributed by atoms with E-state index >= 15 is 0 Å². The quantitative estimate of drug-likeness (QED) is 0.822. The van der Waals surface area contributed by atoms with Gasteiger partial charge in [0, 0.05) is 19.3 Å². The maximum absolute atomic E-state index is 5.75. The topological polar surface area (TPSA) is 55.0 Å². The number of anilines is 2. The van der Waals surface area contributed by atoms with Crippen LogP contribution in [0.2, 0.25) is 0 Å². The third-order valence-electron chi connectivity index (χ3n) is 2.96. The van der Waals surface area contributed by atoms with Crippen molar-refractivity contribution in [2.45, 2.75) is 19.3 Å². The van der Waals surface area contributed by atoms with Crippen LogP contribution in [0.5, 0.6) is 0 Å². The zero-order valence-electron chi connectivity index (χ0n) is 9.02. The zero-order chi connectivity index (χ0) is 11.0. The van der Waals surface area contributed by atoms with E-state index in [-0.39, 0.29) is 0 Å². The number of piperidine rings is 1. The van der Waals surface area contributed by atoms with E-state index < -0.39 is 0 Å². The summed E-state index contributed by atoms with van der Waals surface area (Å²) >= 11 is 1.53. The van der Waals surface area contributed by atoms with Gasteiger partial charge in [0.2, 0.25) is 0 Å². The molecule has 0 unspecified atom stereocenters. The smallest absolute Gasteiger partial charge is 0.181 e. The fraction of sp³-hybridized carbons (Fsp3) is 0.455. The third-order valence-corrected chi connectivity index (χ3v) is 3.81. The molecule has 0 bridgehead atoms. The molecule has 2 aromatic heterocycles. The van der Waals surface area contributed by atoms with Gasteiger partial charge in [-0.3, -0.25) is 0 Å². The first kappa shape index (κ1) is 9.84. The number of hydrogen-bond donors (Lipinski definition) is 1. The van der Waals surface area contributed by atoms with Gasteiger partial charge in [-0.1, -0.05) is 11.3 Å². The minimum Gasteiger partial charge on any atom is -0.375 e. The Labute approximate surface area is 98.1 Å². The predicted octanol–water partition coefficient (Wildman–Crippen LogP) is 2.26. The fourth-order valence-corrected chi connectivity index (χ4v) is 2.92. The summed E-state index contributed by atoms with van der Waals surface area (Å²) in [5.74, 6) is 1.00. The highest BCUT2D eigenvalue weighted by Gasteiger charge is 2.16. The van der Waals surface area contributed by atoms with E-state index in [2.05, 4.69) is 14.9 Å². The van der Waals surface area contributed by atoms with Crippen molar-refractivity contribution in [2.24, 2.45) is 0 Å². The summed E-state index contributed by atoms with van der Waals surface area (Å²) in [6, 6.07) is 1.98. The number of rotatable bonds is 1. The van der Waals surface area contributed by atoms with Gasteiger partial charge in [0.15, 0.2) is 10.9 Å². The van der Waals surface area contributed by atoms with Crippen molar-refractivity contribution in [3.05, 3.63) is 12.3 Å². The first-order chi connectivity index (χ1) is 7.84. The lowest BCUT2D eigenvalue weighted by molar-refractivity contribution is 0.574. The molecule has 3 rings (SSSR count). The Morgan fingerprint density at radius 1 is 1.25 bits per heavy atom. The maximum atomic E-state index is 5.75. The number of nitrogen functional groups attached to an aromatic ring is 1. The molecule has 0 saturated carbocycles. The first-order valence-electron chi connectivity index (χ1n) is 5.60. The standard InChI is InChI=1S/C11H14N4S/c12-11-14-9-8(16-11)4-5-13-10(9)15-6-2-1-3-7-15/h4-5H,1-3,6-7H2,(H2,12,14). The molecule has 2 N–H and O–H groups in total. The summed E-state index contributed by atoms with van der Waals surface area (Å²) in [6.45, 7) is 2.17. The molecule has 0 aliphatic carbocycles. The first-order valence-corrected chi connectivity index (χ1v) is 6.42. The molecule has 0 spiro atoms. The van der Waals surface area contributed by atoms with Crippen LogP contribution >= 0.6 is 11.3 Å². The molecule has 2 aromatic rings. The summed E-state index contributed by atoms with van der Waals surface area (Å²) in [5.41, 5.74) is 6.71. The van der Waals surface area contributed by atoms with E-state index in [4.69, 9.17) is 5.73 Å². The lowest BCUT2D eigenvalue weighted by Gasteiger charge is -2.27. The summed E-state index contributed by atoms with van der Waals surface area (Å²) in [5, 5.41) is 0.626. The molecule has 1 fully saturated rings. The van der Waals surface area contributed by atoms with E-state index in [1.54, 1.807) is 0 Å². The molecule has 84 valence electrons. The number of thiazole rings is 1. The molecule has 5 heteroatoms. The second kappa shape index (κ2) is 3.90. The van der Waals surface area contributed by atoms with Crippen molar-refractivity contribution in [3.8, 4) is 0 Å². The third kappa shape index (κ3) is 1.61. The Hall–Kier alpha value is -1.36. The molecule has 3 heterocycles. The van der Waals surface area contributed by atoms with Crippen LogP contribution in [0.4, 0.5) is 10.9 Å². The highest BCUT2D eigenvalue weighted by atomic mass is 32.1. The minimum atomic E-state index is 0.626. The van der Waals surface area contributed by atoms with Crippen LogP contribution in [0.15, 0.2) is 12.3 Å². The van der Waals surface area contributed by atoms with Crippen LogP contribution in [-0.2, 0) is 0 Å². The Morgan fingerprint density at radius 2 is 2.06 bits per heavy atom. The summed E-state index contributed by atoms with van der Waals surface area (Å²) in [6.07, 6.45) is 5.67. The second-order valence-electron chi connectivity index (χ2n) is 4.08. The SMILES string of the molecule is Nc1nc2c(N3CCCCC3)nccc2s1. The summed E-state index contributed by atoms with van der Waals surface area (Å²) in [7, 11) is 0. The molecule has 1 saturated heterocycles. The Kier molecular flexibility index (Phi) is 2.40. The van der Waals surface area contributed by atoms with Crippen LogP contribution in [0.25, 0.3) is 10.2 Å². The summed E-state index contributed by atoms with van der Waals surface area (Å²) < 4.78 is 1.13. The average Bonchev–Trinajstić information content (AvgIpc) is 2.70.